The highest BCUT2D eigenvalue weighted by atomic mass is 16.5. The molecular formula is C24H23N5O2. The number of carbonyl (C=O) groups is 1. The maximum Gasteiger partial charge on any atom is 0.170 e. The molecule has 4 aromatic rings. The van der Waals surface area contributed by atoms with Crippen LogP contribution in [0.1, 0.15) is 29.6 Å². The van der Waals surface area contributed by atoms with Crippen molar-refractivity contribution in [2.45, 2.75) is 24.9 Å². The molecule has 2 aliphatic heterocycles. The van der Waals surface area contributed by atoms with Gasteiger partial charge in [0.1, 0.15) is 17.0 Å². The summed E-state index contributed by atoms with van der Waals surface area (Å²) in [5, 5.41) is 8.72. The second kappa shape index (κ2) is 6.78. The number of ether oxygens (including phenoxy) is 1. The van der Waals surface area contributed by atoms with Crippen LogP contribution in [0.3, 0.4) is 0 Å². The average Bonchev–Trinajstić information content (AvgIpc) is 3.40. The highest BCUT2D eigenvalue weighted by Crippen LogP contribution is 2.42. The van der Waals surface area contributed by atoms with Crippen molar-refractivity contribution in [1.82, 2.24) is 25.1 Å². The summed E-state index contributed by atoms with van der Waals surface area (Å²) >= 11 is 0. The zero-order chi connectivity index (χ0) is 21.0. The molecule has 3 aromatic heterocycles. The molecule has 0 radical (unpaired) electrons. The summed E-state index contributed by atoms with van der Waals surface area (Å²) in [5.41, 5.74) is 5.26. The fourth-order valence-electron chi connectivity index (χ4n) is 4.91. The van der Waals surface area contributed by atoms with Gasteiger partial charge in [0, 0.05) is 55.0 Å². The number of Topliss-reactive ketones (excluding diaryl/α,β-unsaturated/α-hetero) is 1. The number of pyridine rings is 1. The Morgan fingerprint density at radius 1 is 1.10 bits per heavy atom. The highest BCUT2D eigenvalue weighted by Gasteiger charge is 2.41. The summed E-state index contributed by atoms with van der Waals surface area (Å²) < 4.78 is 8.30. The Hall–Kier alpha value is -3.45. The van der Waals surface area contributed by atoms with Crippen molar-refractivity contribution in [3.63, 3.8) is 0 Å². The lowest BCUT2D eigenvalue weighted by Crippen LogP contribution is -2.49. The summed E-state index contributed by atoms with van der Waals surface area (Å²) in [7, 11) is 1.91. The number of nitrogens with one attached hydrogen (secondary N) is 2. The number of piperidine rings is 1. The molecule has 6 rings (SSSR count). The number of aryl methyl sites for hydroxylation is 1. The van der Waals surface area contributed by atoms with Crippen LogP contribution in [0.15, 0.2) is 49.1 Å². The second-order valence-electron chi connectivity index (χ2n) is 8.53. The molecule has 0 aliphatic carbocycles. The SMILES string of the molecule is Cn1cc(-c2ccnc3[nH]cc(-c4ccc5c(c4)OC4(CCNCC4)CC5=O)c23)cn1. The maximum absolute atomic E-state index is 12.9. The molecule has 2 aliphatic rings. The van der Waals surface area contributed by atoms with Gasteiger partial charge in [-0.3, -0.25) is 9.48 Å². The van der Waals surface area contributed by atoms with Gasteiger partial charge in [0.15, 0.2) is 5.78 Å². The third-order valence-electron chi connectivity index (χ3n) is 6.51. The smallest absolute Gasteiger partial charge is 0.170 e. The Bertz CT molecular complexity index is 1310. The molecule has 0 bridgehead atoms. The number of benzene rings is 1. The summed E-state index contributed by atoms with van der Waals surface area (Å²) in [6.07, 6.45) is 9.81. The van der Waals surface area contributed by atoms with Crippen molar-refractivity contribution in [2.24, 2.45) is 7.05 Å². The van der Waals surface area contributed by atoms with Gasteiger partial charge in [-0.1, -0.05) is 6.07 Å². The lowest BCUT2D eigenvalue weighted by Gasteiger charge is -2.41. The van der Waals surface area contributed by atoms with E-state index in [1.54, 1.807) is 10.9 Å². The topological polar surface area (TPSA) is 84.8 Å². The van der Waals surface area contributed by atoms with Crippen LogP contribution in [0.2, 0.25) is 0 Å². The Balaban J connectivity index is 1.48. The van der Waals surface area contributed by atoms with Crippen molar-refractivity contribution < 1.29 is 9.53 Å². The molecule has 2 N–H and O–H groups in total. The minimum atomic E-state index is -0.378. The number of H-pyrrole nitrogens is 1. The van der Waals surface area contributed by atoms with Crippen molar-refractivity contribution in [3.05, 3.63) is 54.6 Å². The molecule has 1 spiro atoms. The van der Waals surface area contributed by atoms with Gasteiger partial charge >= 0.3 is 0 Å². The van der Waals surface area contributed by atoms with E-state index in [0.29, 0.717) is 17.7 Å². The van der Waals surface area contributed by atoms with Crippen LogP contribution in [0.5, 0.6) is 5.75 Å². The van der Waals surface area contributed by atoms with Gasteiger partial charge in [0.25, 0.3) is 0 Å². The van der Waals surface area contributed by atoms with Crippen molar-refractivity contribution in [1.29, 1.82) is 0 Å². The van der Waals surface area contributed by atoms with E-state index in [9.17, 15) is 4.79 Å². The normalized spacial score (nSPS) is 17.6. The van der Waals surface area contributed by atoms with E-state index in [1.807, 2.05) is 49.9 Å². The fraction of sp³-hybridized carbons (Fsp3) is 0.292. The van der Waals surface area contributed by atoms with Gasteiger partial charge in [0.2, 0.25) is 0 Å². The van der Waals surface area contributed by atoms with Gasteiger partial charge < -0.3 is 15.0 Å². The van der Waals surface area contributed by atoms with Gasteiger partial charge in [-0.05, 0) is 42.4 Å². The van der Waals surface area contributed by atoms with Crippen LogP contribution in [0.4, 0.5) is 0 Å². The largest absolute Gasteiger partial charge is 0.486 e. The lowest BCUT2D eigenvalue weighted by atomic mass is 9.82. The number of aromatic nitrogens is 4. The molecular weight excluding hydrogens is 390 g/mol. The minimum Gasteiger partial charge on any atom is -0.486 e. The van der Waals surface area contributed by atoms with Crippen molar-refractivity contribution >= 4 is 16.8 Å². The highest BCUT2D eigenvalue weighted by molar-refractivity contribution is 6.05. The van der Waals surface area contributed by atoms with Crippen LogP contribution in [0, 0.1) is 0 Å². The molecule has 0 unspecified atom stereocenters. The van der Waals surface area contributed by atoms with Gasteiger partial charge in [-0.15, -0.1) is 0 Å². The maximum atomic E-state index is 12.9. The third kappa shape index (κ3) is 2.96. The third-order valence-corrected chi connectivity index (χ3v) is 6.51. The first-order valence-corrected chi connectivity index (χ1v) is 10.6. The number of fused-ring (bicyclic) bond motifs is 2. The number of aromatic amines is 1. The predicted octanol–water partition coefficient (Wildman–Crippen LogP) is 3.72. The van der Waals surface area contributed by atoms with Crippen LogP contribution < -0.4 is 10.1 Å². The first-order chi connectivity index (χ1) is 15.1. The number of hydrogen-bond acceptors (Lipinski definition) is 5. The first kappa shape index (κ1) is 18.3. The van der Waals surface area contributed by atoms with Crippen LogP contribution >= 0.6 is 0 Å². The number of carbonyl (C=O) groups excluding carboxylic acids is 1. The monoisotopic (exact) mass is 413 g/mol. The Morgan fingerprint density at radius 2 is 1.97 bits per heavy atom. The molecule has 31 heavy (non-hydrogen) atoms. The quantitative estimate of drug-likeness (QED) is 0.523. The van der Waals surface area contributed by atoms with Crippen LogP contribution in [-0.4, -0.2) is 44.2 Å². The van der Waals surface area contributed by atoms with E-state index >= 15 is 0 Å². The summed E-state index contributed by atoms with van der Waals surface area (Å²) in [5.74, 6) is 0.864. The van der Waals surface area contributed by atoms with Crippen molar-refractivity contribution in [3.8, 4) is 28.0 Å². The second-order valence-corrected chi connectivity index (χ2v) is 8.53. The van der Waals surface area contributed by atoms with Crippen LogP contribution in [-0.2, 0) is 7.05 Å². The van der Waals surface area contributed by atoms with Crippen LogP contribution in [0.25, 0.3) is 33.3 Å². The minimum absolute atomic E-state index is 0.173. The number of ketones is 1. The molecule has 0 atom stereocenters. The Kier molecular flexibility index (Phi) is 4.01. The molecule has 0 saturated carbocycles. The van der Waals surface area contributed by atoms with E-state index in [0.717, 1.165) is 59.2 Å². The first-order valence-electron chi connectivity index (χ1n) is 10.6. The summed E-state index contributed by atoms with van der Waals surface area (Å²) in [4.78, 5) is 20.7. The van der Waals surface area contributed by atoms with Gasteiger partial charge in [0.05, 0.1) is 18.2 Å². The summed E-state index contributed by atoms with van der Waals surface area (Å²) in [6, 6.07) is 7.93. The molecule has 7 nitrogen and oxygen atoms in total. The number of hydrogen-bond donors (Lipinski definition) is 2. The van der Waals surface area contributed by atoms with Gasteiger partial charge in [-0.2, -0.15) is 5.10 Å². The average molecular weight is 413 g/mol. The van der Waals surface area contributed by atoms with E-state index in [4.69, 9.17) is 4.74 Å². The molecule has 1 saturated heterocycles. The fourth-order valence-corrected chi connectivity index (χ4v) is 4.91. The molecule has 1 aromatic carbocycles. The number of rotatable bonds is 2. The lowest BCUT2D eigenvalue weighted by molar-refractivity contribution is 0.0188. The zero-order valence-corrected chi connectivity index (χ0v) is 17.3. The van der Waals surface area contributed by atoms with E-state index in [-0.39, 0.29) is 11.4 Å². The molecule has 0 amide bonds. The number of nitrogens with zero attached hydrogens (tertiary/aromatic N) is 3. The predicted molar refractivity (Wildman–Crippen MR) is 118 cm³/mol. The molecule has 1 fully saturated rings. The molecule has 7 heteroatoms. The van der Waals surface area contributed by atoms with E-state index in [2.05, 4.69) is 20.4 Å². The summed E-state index contributed by atoms with van der Waals surface area (Å²) in [6.45, 7) is 1.76. The Morgan fingerprint density at radius 3 is 2.77 bits per heavy atom. The van der Waals surface area contributed by atoms with Gasteiger partial charge in [-0.25, -0.2) is 4.98 Å². The van der Waals surface area contributed by atoms with E-state index in [1.165, 1.54) is 0 Å². The molecule has 156 valence electrons. The van der Waals surface area contributed by atoms with Crippen molar-refractivity contribution in [2.75, 3.05) is 13.1 Å². The standard InChI is InChI=1S/C24H23N5O2/c1-29-14-16(12-28-29)17-4-7-26-23-22(17)19(13-27-23)15-2-3-18-20(30)11-24(31-21(18)10-15)5-8-25-9-6-24/h2-4,7,10,12-14,25H,5-6,8-9,11H2,1H3,(H,26,27). The van der Waals surface area contributed by atoms with E-state index < -0.39 is 0 Å². The Labute approximate surface area is 179 Å². The molecule has 5 heterocycles. The zero-order valence-electron chi connectivity index (χ0n) is 17.3.